The fourth-order valence-corrected chi connectivity index (χ4v) is 3.22. The van der Waals surface area contributed by atoms with Gasteiger partial charge in [-0.05, 0) is 31.3 Å². The molecule has 1 N–H and O–H groups in total. The first-order chi connectivity index (χ1) is 8.32. The van der Waals surface area contributed by atoms with Gasteiger partial charge in [-0.2, -0.15) is 0 Å². The molecule has 0 spiro atoms. The Morgan fingerprint density at radius 3 is 2.78 bits per heavy atom. The minimum atomic E-state index is -0.358. The van der Waals surface area contributed by atoms with Gasteiger partial charge in [-0.15, -0.1) is 0 Å². The Labute approximate surface area is 109 Å². The summed E-state index contributed by atoms with van der Waals surface area (Å²) in [4.78, 5) is 0. The summed E-state index contributed by atoms with van der Waals surface area (Å²) < 4.78 is 11.7. The number of fused-ring (bicyclic) bond motifs is 2. The number of rotatable bonds is 0. The van der Waals surface area contributed by atoms with E-state index in [4.69, 9.17) is 9.47 Å². The molecule has 2 fully saturated rings. The normalized spacial score (nSPS) is 50.4. The van der Waals surface area contributed by atoms with Gasteiger partial charge in [0.1, 0.15) is 0 Å². The van der Waals surface area contributed by atoms with Crippen LogP contribution in [-0.2, 0) is 9.47 Å². The molecule has 0 aromatic heterocycles. The zero-order chi connectivity index (χ0) is 13.1. The molecule has 3 aliphatic rings. The van der Waals surface area contributed by atoms with Gasteiger partial charge in [-0.1, -0.05) is 19.9 Å². The van der Waals surface area contributed by atoms with Crippen LogP contribution in [0.4, 0.5) is 0 Å². The third-order valence-corrected chi connectivity index (χ3v) is 4.91. The summed E-state index contributed by atoms with van der Waals surface area (Å²) in [5.74, 6) is 0. The lowest BCUT2D eigenvalue weighted by atomic mass is 9.82. The highest BCUT2D eigenvalue weighted by molar-refractivity contribution is 5.15. The SMILES string of the molecule is CC1=CCC(C)(C)C2OC2CC2(C)OC2CC1O. The standard InChI is InChI=1S/C15H24O3/c1-9-5-6-14(2,3)13-11(17-13)8-15(4)12(18-15)7-10(9)16/h5,10-13,16H,6-8H2,1-4H3. The topological polar surface area (TPSA) is 45.3 Å². The summed E-state index contributed by atoms with van der Waals surface area (Å²) in [6, 6.07) is 0. The van der Waals surface area contributed by atoms with Crippen molar-refractivity contribution >= 4 is 0 Å². The van der Waals surface area contributed by atoms with Crippen molar-refractivity contribution < 1.29 is 14.6 Å². The van der Waals surface area contributed by atoms with Crippen LogP contribution < -0.4 is 0 Å². The van der Waals surface area contributed by atoms with Crippen molar-refractivity contribution in [1.29, 1.82) is 0 Å². The van der Waals surface area contributed by atoms with Crippen LogP contribution in [0.15, 0.2) is 11.6 Å². The van der Waals surface area contributed by atoms with E-state index in [1.165, 1.54) is 0 Å². The Hall–Kier alpha value is -0.380. The summed E-state index contributed by atoms with van der Waals surface area (Å²) in [5, 5.41) is 10.2. The summed E-state index contributed by atoms with van der Waals surface area (Å²) >= 11 is 0. The van der Waals surface area contributed by atoms with E-state index >= 15 is 0 Å². The van der Waals surface area contributed by atoms with E-state index in [-0.39, 0.29) is 23.2 Å². The molecule has 3 rings (SSSR count). The molecule has 2 saturated heterocycles. The average Bonchev–Trinajstić information content (AvgIpc) is 3.14. The molecule has 5 atom stereocenters. The Kier molecular flexibility index (Phi) is 2.68. The number of aliphatic hydroxyl groups excluding tert-OH is 1. The molecule has 3 nitrogen and oxygen atoms in total. The number of hydrogen-bond acceptors (Lipinski definition) is 3. The van der Waals surface area contributed by atoms with Crippen molar-refractivity contribution in [2.75, 3.05) is 0 Å². The number of allylic oxidation sites excluding steroid dienone is 1. The maximum Gasteiger partial charge on any atom is 0.0947 e. The van der Waals surface area contributed by atoms with Crippen molar-refractivity contribution in [2.45, 2.75) is 77.0 Å². The quantitative estimate of drug-likeness (QED) is 0.532. The zero-order valence-corrected chi connectivity index (χ0v) is 11.8. The lowest BCUT2D eigenvalue weighted by Gasteiger charge is -2.21. The van der Waals surface area contributed by atoms with E-state index in [0.717, 1.165) is 24.8 Å². The van der Waals surface area contributed by atoms with Crippen molar-refractivity contribution in [2.24, 2.45) is 5.41 Å². The molecule has 0 aromatic rings. The fraction of sp³-hybridized carbons (Fsp3) is 0.867. The molecule has 0 amide bonds. The second-order valence-electron chi connectivity index (χ2n) is 7.11. The molecule has 5 unspecified atom stereocenters. The summed E-state index contributed by atoms with van der Waals surface area (Å²) in [5.41, 5.74) is 1.15. The first kappa shape index (κ1) is 12.6. The van der Waals surface area contributed by atoms with Crippen molar-refractivity contribution in [1.82, 2.24) is 0 Å². The first-order valence-corrected chi connectivity index (χ1v) is 7.00. The average molecular weight is 252 g/mol. The molecule has 2 heterocycles. The summed E-state index contributed by atoms with van der Waals surface area (Å²) in [7, 11) is 0. The van der Waals surface area contributed by atoms with Gasteiger partial charge in [0.15, 0.2) is 0 Å². The van der Waals surface area contributed by atoms with Gasteiger partial charge in [0, 0.05) is 12.8 Å². The third-order valence-electron chi connectivity index (χ3n) is 4.91. The highest BCUT2D eigenvalue weighted by atomic mass is 16.6. The third kappa shape index (κ3) is 2.13. The van der Waals surface area contributed by atoms with E-state index < -0.39 is 0 Å². The van der Waals surface area contributed by atoms with Gasteiger partial charge in [0.25, 0.3) is 0 Å². The first-order valence-electron chi connectivity index (χ1n) is 7.00. The molecular weight excluding hydrogens is 228 g/mol. The lowest BCUT2D eigenvalue weighted by Crippen LogP contribution is -2.22. The Bertz CT molecular complexity index is 387. The molecule has 0 aromatic carbocycles. The Morgan fingerprint density at radius 1 is 1.33 bits per heavy atom. The Morgan fingerprint density at radius 2 is 2.06 bits per heavy atom. The molecule has 18 heavy (non-hydrogen) atoms. The van der Waals surface area contributed by atoms with Crippen LogP contribution in [0.5, 0.6) is 0 Å². The Balaban J connectivity index is 1.81. The van der Waals surface area contributed by atoms with Crippen molar-refractivity contribution in [3.8, 4) is 0 Å². The van der Waals surface area contributed by atoms with Crippen LogP contribution in [0.3, 0.4) is 0 Å². The monoisotopic (exact) mass is 252 g/mol. The predicted octanol–water partition coefficient (Wildman–Crippen LogP) is 2.43. The lowest BCUT2D eigenvalue weighted by molar-refractivity contribution is 0.182. The molecule has 0 saturated carbocycles. The molecule has 2 aliphatic heterocycles. The van der Waals surface area contributed by atoms with Crippen LogP contribution in [0, 0.1) is 5.41 Å². The minimum absolute atomic E-state index is 0.0684. The van der Waals surface area contributed by atoms with Crippen LogP contribution >= 0.6 is 0 Å². The zero-order valence-electron chi connectivity index (χ0n) is 11.8. The maximum absolute atomic E-state index is 10.2. The van der Waals surface area contributed by atoms with Gasteiger partial charge in [-0.25, -0.2) is 0 Å². The minimum Gasteiger partial charge on any atom is -0.389 e. The second kappa shape index (κ2) is 3.81. The molecule has 1 aliphatic carbocycles. The van der Waals surface area contributed by atoms with Crippen LogP contribution in [-0.4, -0.2) is 35.1 Å². The van der Waals surface area contributed by atoms with E-state index in [2.05, 4.69) is 26.8 Å². The van der Waals surface area contributed by atoms with Crippen molar-refractivity contribution in [3.63, 3.8) is 0 Å². The van der Waals surface area contributed by atoms with Gasteiger partial charge in [-0.3, -0.25) is 0 Å². The number of ether oxygens (including phenoxy) is 2. The number of hydrogen-bond donors (Lipinski definition) is 1. The summed E-state index contributed by atoms with van der Waals surface area (Å²) in [6.07, 6.45) is 5.37. The van der Waals surface area contributed by atoms with Crippen LogP contribution in [0.2, 0.25) is 0 Å². The van der Waals surface area contributed by atoms with Crippen LogP contribution in [0.25, 0.3) is 0 Å². The van der Waals surface area contributed by atoms with Crippen LogP contribution in [0.1, 0.15) is 47.0 Å². The molecule has 0 bridgehead atoms. The van der Waals surface area contributed by atoms with E-state index in [1.807, 2.05) is 6.92 Å². The van der Waals surface area contributed by atoms with Gasteiger partial charge < -0.3 is 14.6 Å². The van der Waals surface area contributed by atoms with Crippen molar-refractivity contribution in [3.05, 3.63) is 11.6 Å². The van der Waals surface area contributed by atoms with Gasteiger partial charge >= 0.3 is 0 Å². The van der Waals surface area contributed by atoms with Gasteiger partial charge in [0.05, 0.1) is 30.0 Å². The molecular formula is C15H24O3. The predicted molar refractivity (Wildman–Crippen MR) is 69.3 cm³/mol. The van der Waals surface area contributed by atoms with E-state index in [0.29, 0.717) is 12.2 Å². The molecule has 102 valence electrons. The highest BCUT2D eigenvalue weighted by Crippen LogP contribution is 2.51. The molecule has 0 radical (unpaired) electrons. The largest absolute Gasteiger partial charge is 0.389 e. The highest BCUT2D eigenvalue weighted by Gasteiger charge is 2.60. The fourth-order valence-electron chi connectivity index (χ4n) is 3.22. The number of epoxide rings is 2. The molecule has 3 heteroatoms. The van der Waals surface area contributed by atoms with Gasteiger partial charge in [0.2, 0.25) is 0 Å². The smallest absolute Gasteiger partial charge is 0.0947 e. The maximum atomic E-state index is 10.2. The number of aliphatic hydroxyl groups is 1. The van der Waals surface area contributed by atoms with E-state index in [9.17, 15) is 5.11 Å². The summed E-state index contributed by atoms with van der Waals surface area (Å²) in [6.45, 7) is 8.66. The van der Waals surface area contributed by atoms with E-state index in [1.54, 1.807) is 0 Å². The second-order valence-corrected chi connectivity index (χ2v) is 7.11.